The van der Waals surface area contributed by atoms with E-state index in [2.05, 4.69) is 0 Å². The predicted octanol–water partition coefficient (Wildman–Crippen LogP) is 5.49. The minimum Gasteiger partial charge on any atom is -0.496 e. The summed E-state index contributed by atoms with van der Waals surface area (Å²) in [6.45, 7) is 1.53. The fraction of sp³-hybridized carbons (Fsp3) is 0.185. The molecule has 3 rings (SSSR count). The van der Waals surface area contributed by atoms with Crippen LogP contribution in [0.1, 0.15) is 33.2 Å². The Kier molecular flexibility index (Phi) is 7.51. The molecule has 6 heteroatoms. The Bertz CT molecular complexity index is 1180. The summed E-state index contributed by atoms with van der Waals surface area (Å²) in [6.07, 6.45) is 3.14. The summed E-state index contributed by atoms with van der Waals surface area (Å²) in [5.74, 6) is 1.70. The monoisotopic (exact) mass is 446 g/mol. The Morgan fingerprint density at radius 3 is 1.94 bits per heavy atom. The van der Waals surface area contributed by atoms with Gasteiger partial charge in [-0.15, -0.1) is 0 Å². The minimum atomic E-state index is -0.218. The van der Waals surface area contributed by atoms with Gasteiger partial charge in [0.1, 0.15) is 5.75 Å². The van der Waals surface area contributed by atoms with E-state index in [1.807, 2.05) is 24.3 Å². The molecule has 0 fully saturated rings. The highest BCUT2D eigenvalue weighted by Gasteiger charge is 2.14. The first-order valence-electron chi connectivity index (χ1n) is 10.2. The molecule has 0 N–H and O–H groups in total. The lowest BCUT2D eigenvalue weighted by Crippen LogP contribution is -2.00. The van der Waals surface area contributed by atoms with Crippen molar-refractivity contribution in [3.05, 3.63) is 77.4 Å². The van der Waals surface area contributed by atoms with E-state index in [9.17, 15) is 9.59 Å². The van der Waals surface area contributed by atoms with Crippen LogP contribution in [0.25, 0.3) is 17.2 Å². The number of carbonyl (C=O) groups excluding carboxylic acids is 2. The lowest BCUT2D eigenvalue weighted by atomic mass is 9.98. The van der Waals surface area contributed by atoms with Gasteiger partial charge in [-0.05, 0) is 60.0 Å². The van der Waals surface area contributed by atoms with Crippen molar-refractivity contribution in [2.24, 2.45) is 0 Å². The van der Waals surface area contributed by atoms with Crippen molar-refractivity contribution >= 4 is 17.6 Å². The molecule has 170 valence electrons. The van der Waals surface area contributed by atoms with Gasteiger partial charge in [0.05, 0.1) is 34.0 Å². The number of allylic oxidation sites excluding steroid dienone is 1. The molecule has 0 aliphatic heterocycles. The molecule has 0 amide bonds. The quantitative estimate of drug-likeness (QED) is 0.320. The standard InChI is InChI=1S/C27H26O6/c1-17(28)19-7-6-8-20(15-19)21-10-11-22(24(16-21)30-2)23(29)12-9-18-13-25(31-3)27(33-5)26(14-18)32-4/h6-16H,1-5H3/b12-9+. The van der Waals surface area contributed by atoms with Gasteiger partial charge in [0.25, 0.3) is 0 Å². The Morgan fingerprint density at radius 2 is 1.36 bits per heavy atom. The Balaban J connectivity index is 1.91. The fourth-order valence-electron chi connectivity index (χ4n) is 3.45. The SMILES string of the molecule is COc1cc(-c2cccc(C(C)=O)c2)ccc1C(=O)/C=C/c1cc(OC)c(OC)c(OC)c1. The molecule has 0 saturated carbocycles. The summed E-state index contributed by atoms with van der Waals surface area (Å²) in [7, 11) is 6.12. The van der Waals surface area contributed by atoms with Crippen molar-refractivity contribution in [3.8, 4) is 34.1 Å². The third kappa shape index (κ3) is 5.23. The van der Waals surface area contributed by atoms with E-state index >= 15 is 0 Å². The molecule has 0 atom stereocenters. The zero-order chi connectivity index (χ0) is 24.0. The van der Waals surface area contributed by atoms with E-state index in [0.29, 0.717) is 34.1 Å². The summed E-state index contributed by atoms with van der Waals surface area (Å²) in [5.41, 5.74) is 3.48. The van der Waals surface area contributed by atoms with E-state index in [0.717, 1.165) is 16.7 Å². The maximum atomic E-state index is 12.9. The van der Waals surface area contributed by atoms with E-state index in [-0.39, 0.29) is 11.6 Å². The zero-order valence-corrected chi connectivity index (χ0v) is 19.3. The first-order chi connectivity index (χ1) is 15.9. The number of benzene rings is 3. The van der Waals surface area contributed by atoms with E-state index in [1.165, 1.54) is 41.4 Å². The zero-order valence-electron chi connectivity index (χ0n) is 19.3. The maximum Gasteiger partial charge on any atom is 0.203 e. The number of hydrogen-bond acceptors (Lipinski definition) is 6. The molecule has 0 unspecified atom stereocenters. The number of ketones is 2. The molecule has 6 nitrogen and oxygen atoms in total. The highest BCUT2D eigenvalue weighted by Crippen LogP contribution is 2.38. The average molecular weight is 446 g/mol. The topological polar surface area (TPSA) is 71.1 Å². The molecule has 0 aliphatic carbocycles. The Labute approximate surface area is 193 Å². The van der Waals surface area contributed by atoms with Gasteiger partial charge in [-0.25, -0.2) is 0 Å². The third-order valence-electron chi connectivity index (χ3n) is 5.18. The van der Waals surface area contributed by atoms with Gasteiger partial charge in [-0.1, -0.05) is 30.3 Å². The summed E-state index contributed by atoms with van der Waals surface area (Å²) < 4.78 is 21.5. The van der Waals surface area contributed by atoms with Gasteiger partial charge in [0.2, 0.25) is 5.75 Å². The Hall–Kier alpha value is -4.06. The smallest absolute Gasteiger partial charge is 0.203 e. The van der Waals surface area contributed by atoms with Crippen molar-refractivity contribution in [2.45, 2.75) is 6.92 Å². The van der Waals surface area contributed by atoms with Gasteiger partial charge < -0.3 is 18.9 Å². The second-order valence-corrected chi connectivity index (χ2v) is 7.21. The summed E-state index contributed by atoms with van der Waals surface area (Å²) in [5, 5.41) is 0. The molecule has 0 spiro atoms. The lowest BCUT2D eigenvalue weighted by molar-refractivity contribution is 0.101. The van der Waals surface area contributed by atoms with Gasteiger partial charge in [-0.3, -0.25) is 9.59 Å². The van der Waals surface area contributed by atoms with Crippen LogP contribution < -0.4 is 18.9 Å². The largest absolute Gasteiger partial charge is 0.496 e. The molecule has 3 aromatic carbocycles. The number of ether oxygens (including phenoxy) is 4. The molecule has 33 heavy (non-hydrogen) atoms. The first-order valence-corrected chi connectivity index (χ1v) is 10.2. The summed E-state index contributed by atoms with van der Waals surface area (Å²) >= 11 is 0. The minimum absolute atomic E-state index is 0.00690. The second-order valence-electron chi connectivity index (χ2n) is 7.21. The number of Topliss-reactive ketones (excluding diaryl/α,β-unsaturated/α-hetero) is 1. The van der Waals surface area contributed by atoms with Crippen LogP contribution in [0.15, 0.2) is 60.7 Å². The molecule has 3 aromatic rings. The first kappa shape index (κ1) is 23.6. The average Bonchev–Trinajstić information content (AvgIpc) is 2.85. The number of rotatable bonds is 9. The van der Waals surface area contributed by atoms with E-state index < -0.39 is 0 Å². The summed E-state index contributed by atoms with van der Waals surface area (Å²) in [6, 6.07) is 16.2. The van der Waals surface area contributed by atoms with Crippen LogP contribution in [0.4, 0.5) is 0 Å². The fourth-order valence-corrected chi connectivity index (χ4v) is 3.45. The molecular formula is C27H26O6. The van der Waals surface area contributed by atoms with Gasteiger partial charge in [-0.2, -0.15) is 0 Å². The van der Waals surface area contributed by atoms with Crippen LogP contribution in [0.5, 0.6) is 23.0 Å². The predicted molar refractivity (Wildman–Crippen MR) is 128 cm³/mol. The maximum absolute atomic E-state index is 12.9. The van der Waals surface area contributed by atoms with Crippen LogP contribution >= 0.6 is 0 Å². The normalized spacial score (nSPS) is 10.7. The molecule has 0 aromatic heterocycles. The Morgan fingerprint density at radius 1 is 0.727 bits per heavy atom. The molecule has 0 bridgehead atoms. The van der Waals surface area contributed by atoms with Gasteiger partial charge >= 0.3 is 0 Å². The van der Waals surface area contributed by atoms with Crippen LogP contribution in [-0.2, 0) is 0 Å². The summed E-state index contributed by atoms with van der Waals surface area (Å²) in [4.78, 5) is 24.6. The van der Waals surface area contributed by atoms with Crippen molar-refractivity contribution in [2.75, 3.05) is 28.4 Å². The molecule has 0 aliphatic rings. The van der Waals surface area contributed by atoms with E-state index in [1.54, 1.807) is 36.4 Å². The van der Waals surface area contributed by atoms with Crippen LogP contribution in [-0.4, -0.2) is 40.0 Å². The van der Waals surface area contributed by atoms with Crippen LogP contribution in [0, 0.1) is 0 Å². The van der Waals surface area contributed by atoms with Gasteiger partial charge in [0.15, 0.2) is 23.1 Å². The van der Waals surface area contributed by atoms with Crippen molar-refractivity contribution < 1.29 is 28.5 Å². The van der Waals surface area contributed by atoms with Crippen LogP contribution in [0.3, 0.4) is 0 Å². The number of methoxy groups -OCH3 is 4. The molecule has 0 saturated heterocycles. The molecule has 0 radical (unpaired) electrons. The van der Waals surface area contributed by atoms with E-state index in [4.69, 9.17) is 18.9 Å². The highest BCUT2D eigenvalue weighted by molar-refractivity contribution is 6.09. The lowest BCUT2D eigenvalue weighted by Gasteiger charge is -2.13. The van der Waals surface area contributed by atoms with Crippen LogP contribution in [0.2, 0.25) is 0 Å². The number of carbonyl (C=O) groups is 2. The van der Waals surface area contributed by atoms with Crippen molar-refractivity contribution in [1.82, 2.24) is 0 Å². The highest BCUT2D eigenvalue weighted by atomic mass is 16.5. The third-order valence-corrected chi connectivity index (χ3v) is 5.18. The van der Waals surface area contributed by atoms with Crippen molar-refractivity contribution in [3.63, 3.8) is 0 Å². The molecular weight excluding hydrogens is 420 g/mol. The molecule has 0 heterocycles. The van der Waals surface area contributed by atoms with Crippen molar-refractivity contribution in [1.29, 1.82) is 0 Å². The number of hydrogen-bond donors (Lipinski definition) is 0. The van der Waals surface area contributed by atoms with Gasteiger partial charge in [0, 0.05) is 5.56 Å². The second kappa shape index (κ2) is 10.5.